The fraction of sp³-hybridized carbons (Fsp3) is 0.417. The van der Waals surface area contributed by atoms with Gasteiger partial charge < -0.3 is 15.8 Å². The summed E-state index contributed by atoms with van der Waals surface area (Å²) in [6.45, 7) is 4.19. The Labute approximate surface area is 110 Å². The highest BCUT2D eigenvalue weighted by Gasteiger charge is 2.04. The van der Waals surface area contributed by atoms with Gasteiger partial charge in [0.25, 0.3) is 0 Å². The van der Waals surface area contributed by atoms with Gasteiger partial charge in [-0.15, -0.1) is 0 Å². The Morgan fingerprint density at radius 2 is 2.18 bits per heavy atom. The van der Waals surface area contributed by atoms with Crippen LogP contribution >= 0.6 is 15.9 Å². The molecule has 1 aromatic rings. The van der Waals surface area contributed by atoms with Gasteiger partial charge in [0, 0.05) is 22.3 Å². The summed E-state index contributed by atoms with van der Waals surface area (Å²) in [6, 6.07) is 5.49. The van der Waals surface area contributed by atoms with Crippen LogP contribution in [0.15, 0.2) is 22.7 Å². The smallest absolute Gasteiger partial charge is 0.223 e. The molecule has 0 saturated carbocycles. The van der Waals surface area contributed by atoms with Crippen molar-refractivity contribution in [3.8, 4) is 5.75 Å². The second kappa shape index (κ2) is 6.49. The topological polar surface area (TPSA) is 64.3 Å². The van der Waals surface area contributed by atoms with Gasteiger partial charge in [-0.05, 0) is 26.0 Å². The van der Waals surface area contributed by atoms with Gasteiger partial charge in [0.1, 0.15) is 5.75 Å². The molecule has 94 valence electrons. The molecule has 0 aliphatic rings. The Balaban J connectivity index is 2.38. The normalized spacial score (nSPS) is 10.4. The van der Waals surface area contributed by atoms with Gasteiger partial charge in [-0.1, -0.05) is 15.9 Å². The monoisotopic (exact) mass is 300 g/mol. The molecular weight excluding hydrogens is 284 g/mol. The molecule has 17 heavy (non-hydrogen) atoms. The minimum atomic E-state index is -0.0111. The van der Waals surface area contributed by atoms with E-state index in [0.717, 1.165) is 4.47 Å². The summed E-state index contributed by atoms with van der Waals surface area (Å²) in [6.07, 6.45) is 0.338. The van der Waals surface area contributed by atoms with Gasteiger partial charge in [0.05, 0.1) is 13.0 Å². The number of hydrogen-bond donors (Lipinski definition) is 2. The Kier molecular flexibility index (Phi) is 5.28. The number of amides is 1. The molecule has 5 heteroatoms. The van der Waals surface area contributed by atoms with Crippen molar-refractivity contribution < 1.29 is 9.53 Å². The Morgan fingerprint density at radius 1 is 1.47 bits per heavy atom. The highest BCUT2D eigenvalue weighted by molar-refractivity contribution is 9.10. The number of nitrogens with one attached hydrogen (secondary N) is 1. The maximum absolute atomic E-state index is 11.4. The average molecular weight is 301 g/mol. The molecule has 1 rings (SSSR count). The number of nitrogen functional groups attached to an aromatic ring is 1. The number of rotatable bonds is 5. The third-order valence-corrected chi connectivity index (χ3v) is 2.40. The molecule has 0 aromatic heterocycles. The number of carbonyl (C=O) groups is 1. The van der Waals surface area contributed by atoms with Crippen LogP contribution in [-0.2, 0) is 4.79 Å². The van der Waals surface area contributed by atoms with Crippen LogP contribution in [0.4, 0.5) is 5.69 Å². The number of benzene rings is 1. The molecule has 0 radical (unpaired) electrons. The zero-order chi connectivity index (χ0) is 12.8. The highest BCUT2D eigenvalue weighted by Crippen LogP contribution is 2.22. The van der Waals surface area contributed by atoms with Crippen LogP contribution < -0.4 is 15.8 Å². The van der Waals surface area contributed by atoms with Gasteiger partial charge in [-0.25, -0.2) is 0 Å². The van der Waals surface area contributed by atoms with Crippen molar-refractivity contribution in [2.45, 2.75) is 26.3 Å². The summed E-state index contributed by atoms with van der Waals surface area (Å²) < 4.78 is 6.31. The minimum Gasteiger partial charge on any atom is -0.493 e. The Hall–Kier alpha value is -1.23. The van der Waals surface area contributed by atoms with Crippen molar-refractivity contribution >= 4 is 27.5 Å². The molecule has 0 bridgehead atoms. The highest BCUT2D eigenvalue weighted by atomic mass is 79.9. The molecule has 0 aliphatic heterocycles. The minimum absolute atomic E-state index is 0.0111. The van der Waals surface area contributed by atoms with Gasteiger partial charge in [-0.3, -0.25) is 4.79 Å². The van der Waals surface area contributed by atoms with Crippen LogP contribution in [0.25, 0.3) is 0 Å². The summed E-state index contributed by atoms with van der Waals surface area (Å²) in [5, 5.41) is 2.80. The van der Waals surface area contributed by atoms with E-state index in [0.29, 0.717) is 24.5 Å². The number of nitrogens with two attached hydrogens (primary N) is 1. The zero-order valence-electron chi connectivity index (χ0n) is 10.00. The van der Waals surface area contributed by atoms with E-state index >= 15 is 0 Å². The number of ether oxygens (including phenoxy) is 1. The zero-order valence-corrected chi connectivity index (χ0v) is 11.6. The second-order valence-electron chi connectivity index (χ2n) is 4.04. The van der Waals surface area contributed by atoms with Crippen molar-refractivity contribution in [1.82, 2.24) is 5.32 Å². The van der Waals surface area contributed by atoms with E-state index in [2.05, 4.69) is 21.2 Å². The van der Waals surface area contributed by atoms with Crippen molar-refractivity contribution in [1.29, 1.82) is 0 Å². The molecule has 0 unspecified atom stereocenters. The first-order valence-corrected chi connectivity index (χ1v) is 6.25. The SMILES string of the molecule is CC(C)NC(=O)CCOc1cc(N)cc(Br)c1. The van der Waals surface area contributed by atoms with Crippen LogP contribution in [0.3, 0.4) is 0 Å². The summed E-state index contributed by atoms with van der Waals surface area (Å²) in [5.74, 6) is 0.650. The first kappa shape index (κ1) is 13.8. The molecule has 3 N–H and O–H groups in total. The summed E-state index contributed by atoms with van der Waals surface area (Å²) in [4.78, 5) is 11.4. The fourth-order valence-electron chi connectivity index (χ4n) is 1.32. The third kappa shape index (κ3) is 5.58. The molecule has 1 amide bonds. The van der Waals surface area contributed by atoms with Gasteiger partial charge in [0.15, 0.2) is 0 Å². The Morgan fingerprint density at radius 3 is 2.76 bits per heavy atom. The van der Waals surface area contributed by atoms with Crippen LogP contribution in [0.1, 0.15) is 20.3 Å². The number of halogens is 1. The lowest BCUT2D eigenvalue weighted by molar-refractivity contribution is -0.122. The first-order chi connectivity index (χ1) is 7.97. The maximum atomic E-state index is 11.4. The summed E-state index contributed by atoms with van der Waals surface area (Å²) in [5.41, 5.74) is 6.29. The van der Waals surface area contributed by atoms with Crippen molar-refractivity contribution in [3.63, 3.8) is 0 Å². The van der Waals surface area contributed by atoms with E-state index in [1.807, 2.05) is 19.9 Å². The fourth-order valence-corrected chi connectivity index (χ4v) is 1.81. The summed E-state index contributed by atoms with van der Waals surface area (Å²) in [7, 11) is 0. The standard InChI is InChI=1S/C12H17BrN2O2/c1-8(2)15-12(16)3-4-17-11-6-9(13)5-10(14)7-11/h5-8H,3-4,14H2,1-2H3,(H,15,16). The number of anilines is 1. The maximum Gasteiger partial charge on any atom is 0.223 e. The van der Waals surface area contributed by atoms with E-state index in [1.54, 1.807) is 12.1 Å². The predicted molar refractivity (Wildman–Crippen MR) is 71.9 cm³/mol. The molecular formula is C12H17BrN2O2. The molecule has 0 saturated heterocycles. The lowest BCUT2D eigenvalue weighted by atomic mass is 10.3. The number of hydrogen-bond acceptors (Lipinski definition) is 3. The van der Waals surface area contributed by atoms with Crippen LogP contribution in [0.2, 0.25) is 0 Å². The molecule has 0 fully saturated rings. The molecule has 0 atom stereocenters. The number of carbonyl (C=O) groups excluding carboxylic acids is 1. The largest absolute Gasteiger partial charge is 0.493 e. The van der Waals surface area contributed by atoms with Crippen molar-refractivity contribution in [3.05, 3.63) is 22.7 Å². The lowest BCUT2D eigenvalue weighted by Crippen LogP contribution is -2.31. The predicted octanol–water partition coefficient (Wildman–Crippen LogP) is 2.32. The second-order valence-corrected chi connectivity index (χ2v) is 4.96. The first-order valence-electron chi connectivity index (χ1n) is 5.45. The van der Waals surface area contributed by atoms with Crippen LogP contribution in [0, 0.1) is 0 Å². The van der Waals surface area contributed by atoms with Gasteiger partial charge >= 0.3 is 0 Å². The molecule has 4 nitrogen and oxygen atoms in total. The van der Waals surface area contributed by atoms with Crippen LogP contribution in [-0.4, -0.2) is 18.6 Å². The van der Waals surface area contributed by atoms with Gasteiger partial charge in [0.2, 0.25) is 5.91 Å². The van der Waals surface area contributed by atoms with Crippen molar-refractivity contribution in [2.75, 3.05) is 12.3 Å². The Bertz CT molecular complexity index is 374. The van der Waals surface area contributed by atoms with E-state index in [-0.39, 0.29) is 11.9 Å². The quantitative estimate of drug-likeness (QED) is 0.820. The lowest BCUT2D eigenvalue weighted by Gasteiger charge is -2.10. The molecule has 0 spiro atoms. The van der Waals surface area contributed by atoms with Gasteiger partial charge in [-0.2, -0.15) is 0 Å². The third-order valence-electron chi connectivity index (χ3n) is 1.94. The van der Waals surface area contributed by atoms with E-state index in [1.165, 1.54) is 0 Å². The summed E-state index contributed by atoms with van der Waals surface area (Å²) >= 11 is 3.33. The average Bonchev–Trinajstić information content (AvgIpc) is 2.14. The van der Waals surface area contributed by atoms with E-state index in [4.69, 9.17) is 10.5 Å². The molecule has 1 aromatic carbocycles. The van der Waals surface area contributed by atoms with Crippen LogP contribution in [0.5, 0.6) is 5.75 Å². The molecule has 0 heterocycles. The van der Waals surface area contributed by atoms with E-state index < -0.39 is 0 Å². The van der Waals surface area contributed by atoms with E-state index in [9.17, 15) is 4.79 Å². The van der Waals surface area contributed by atoms with Crippen molar-refractivity contribution in [2.24, 2.45) is 0 Å². The molecule has 0 aliphatic carbocycles.